The van der Waals surface area contributed by atoms with E-state index >= 15 is 0 Å². The summed E-state index contributed by atoms with van der Waals surface area (Å²) in [4.78, 5) is 10.2. The number of ether oxygens (including phenoxy) is 1. The molecule has 22 heavy (non-hydrogen) atoms. The number of hydrogen-bond donors (Lipinski definition) is 2. The maximum Gasteiger partial charge on any atom is 0.0926 e. The molecule has 3 heterocycles. The minimum atomic E-state index is 0.208. The van der Waals surface area contributed by atoms with Crippen LogP contribution in [-0.2, 0) is 17.7 Å². The second kappa shape index (κ2) is 6.20. The number of H-pyrrole nitrogens is 1. The normalized spacial score (nSPS) is 22.5. The number of nitrogens with zero attached hydrogens (tertiary/aromatic N) is 2. The van der Waals surface area contributed by atoms with Crippen LogP contribution in [0.2, 0.25) is 0 Å². The van der Waals surface area contributed by atoms with Crippen LogP contribution >= 0.6 is 0 Å². The summed E-state index contributed by atoms with van der Waals surface area (Å²) in [5.41, 5.74) is 5.08. The summed E-state index contributed by atoms with van der Waals surface area (Å²) in [6.07, 6.45) is 2.83. The molecule has 4 rings (SSSR count). The van der Waals surface area contributed by atoms with Crippen molar-refractivity contribution in [3.05, 3.63) is 53.1 Å². The molecule has 2 N–H and O–H groups in total. The molecule has 0 spiro atoms. The molecule has 0 radical (unpaired) electrons. The van der Waals surface area contributed by atoms with Gasteiger partial charge in [-0.1, -0.05) is 24.3 Å². The highest BCUT2D eigenvalue weighted by molar-refractivity contribution is 5.34. The highest BCUT2D eigenvalue weighted by Gasteiger charge is 2.23. The summed E-state index contributed by atoms with van der Waals surface area (Å²) in [6, 6.07) is 9.10. The van der Waals surface area contributed by atoms with Gasteiger partial charge >= 0.3 is 0 Å². The number of fused-ring (bicyclic) bond motifs is 1. The van der Waals surface area contributed by atoms with Crippen molar-refractivity contribution in [2.24, 2.45) is 0 Å². The van der Waals surface area contributed by atoms with Gasteiger partial charge in [0.05, 0.1) is 31.3 Å². The average Bonchev–Trinajstić information content (AvgIpc) is 3.04. The topological polar surface area (TPSA) is 53.2 Å². The molecule has 0 saturated carbocycles. The van der Waals surface area contributed by atoms with Gasteiger partial charge < -0.3 is 15.0 Å². The van der Waals surface area contributed by atoms with Crippen molar-refractivity contribution in [2.45, 2.75) is 19.0 Å². The summed E-state index contributed by atoms with van der Waals surface area (Å²) in [7, 11) is 0. The van der Waals surface area contributed by atoms with E-state index in [2.05, 4.69) is 44.5 Å². The molecule has 1 aromatic heterocycles. The smallest absolute Gasteiger partial charge is 0.0926 e. The largest absolute Gasteiger partial charge is 0.379 e. The lowest BCUT2D eigenvalue weighted by Crippen LogP contribution is -2.35. The maximum absolute atomic E-state index is 5.42. The summed E-state index contributed by atoms with van der Waals surface area (Å²) < 4.78 is 5.42. The van der Waals surface area contributed by atoms with Crippen LogP contribution in [-0.4, -0.2) is 47.7 Å². The van der Waals surface area contributed by atoms with E-state index < -0.39 is 0 Å². The van der Waals surface area contributed by atoms with E-state index in [1.807, 2.05) is 6.33 Å². The second-order valence-electron chi connectivity index (χ2n) is 6.04. The zero-order valence-corrected chi connectivity index (χ0v) is 12.7. The highest BCUT2D eigenvalue weighted by atomic mass is 16.5. The first kappa shape index (κ1) is 13.9. The molecule has 5 heteroatoms. The number of aromatic amines is 1. The average molecular weight is 298 g/mol. The van der Waals surface area contributed by atoms with Crippen LogP contribution in [0.15, 0.2) is 30.6 Å². The quantitative estimate of drug-likeness (QED) is 0.901. The molecule has 0 unspecified atom stereocenters. The first-order valence-corrected chi connectivity index (χ1v) is 8.04. The van der Waals surface area contributed by atoms with Crippen molar-refractivity contribution in [1.29, 1.82) is 0 Å². The van der Waals surface area contributed by atoms with Crippen molar-refractivity contribution >= 4 is 0 Å². The predicted molar refractivity (Wildman–Crippen MR) is 84.7 cm³/mol. The molecule has 2 aliphatic heterocycles. The Morgan fingerprint density at radius 3 is 3.09 bits per heavy atom. The van der Waals surface area contributed by atoms with Gasteiger partial charge in [0, 0.05) is 38.3 Å². The first-order valence-electron chi connectivity index (χ1n) is 8.04. The van der Waals surface area contributed by atoms with Crippen LogP contribution in [0, 0.1) is 0 Å². The van der Waals surface area contributed by atoms with Crippen LogP contribution in [0.5, 0.6) is 0 Å². The zero-order chi connectivity index (χ0) is 14.8. The monoisotopic (exact) mass is 298 g/mol. The number of imidazole rings is 1. The Morgan fingerprint density at radius 1 is 1.27 bits per heavy atom. The Labute approximate surface area is 130 Å². The second-order valence-corrected chi connectivity index (χ2v) is 6.04. The highest BCUT2D eigenvalue weighted by Crippen LogP contribution is 2.27. The fourth-order valence-electron chi connectivity index (χ4n) is 3.38. The minimum absolute atomic E-state index is 0.208. The van der Waals surface area contributed by atoms with E-state index in [4.69, 9.17) is 4.74 Å². The van der Waals surface area contributed by atoms with Gasteiger partial charge in [0.2, 0.25) is 0 Å². The third-order valence-corrected chi connectivity index (χ3v) is 4.54. The molecule has 1 aromatic carbocycles. The molecule has 2 aliphatic rings. The Hall–Kier alpha value is -1.69. The summed E-state index contributed by atoms with van der Waals surface area (Å²) in [5, 5.41) is 3.59. The van der Waals surface area contributed by atoms with Crippen molar-refractivity contribution in [2.75, 3.05) is 32.8 Å². The fraction of sp³-hybridized carbons (Fsp3) is 0.471. The summed E-state index contributed by atoms with van der Waals surface area (Å²) in [5.74, 6) is 0. The van der Waals surface area contributed by atoms with Gasteiger partial charge in [-0.3, -0.25) is 4.90 Å². The van der Waals surface area contributed by atoms with E-state index in [1.165, 1.54) is 16.8 Å². The molecular formula is C17H22N4O. The molecule has 1 saturated heterocycles. The van der Waals surface area contributed by atoms with Crippen LogP contribution in [0.25, 0.3) is 0 Å². The lowest BCUT2D eigenvalue weighted by molar-refractivity contribution is 0.0342. The van der Waals surface area contributed by atoms with E-state index in [0.717, 1.165) is 51.5 Å². The SMILES string of the molecule is c1cc(CN2CCOCC2)cc([C@H]2NCCc3[nH]cnc32)c1. The number of nitrogens with one attached hydrogen (secondary N) is 2. The van der Waals surface area contributed by atoms with Crippen molar-refractivity contribution in [3.8, 4) is 0 Å². The molecule has 5 nitrogen and oxygen atoms in total. The van der Waals surface area contributed by atoms with Crippen molar-refractivity contribution in [3.63, 3.8) is 0 Å². The molecule has 2 aromatic rings. The van der Waals surface area contributed by atoms with Gasteiger partial charge in [-0.2, -0.15) is 0 Å². The Kier molecular flexibility index (Phi) is 3.93. The van der Waals surface area contributed by atoms with Gasteiger partial charge in [-0.05, 0) is 11.1 Å². The molecule has 0 amide bonds. The van der Waals surface area contributed by atoms with Gasteiger partial charge in [0.15, 0.2) is 0 Å². The van der Waals surface area contributed by atoms with Gasteiger partial charge in [0.25, 0.3) is 0 Å². The number of benzene rings is 1. The summed E-state index contributed by atoms with van der Waals surface area (Å²) >= 11 is 0. The molecule has 0 bridgehead atoms. The van der Waals surface area contributed by atoms with Gasteiger partial charge in [-0.15, -0.1) is 0 Å². The van der Waals surface area contributed by atoms with E-state index in [1.54, 1.807) is 0 Å². The van der Waals surface area contributed by atoms with Crippen molar-refractivity contribution in [1.82, 2.24) is 20.2 Å². The molecule has 116 valence electrons. The van der Waals surface area contributed by atoms with Crippen LogP contribution in [0.4, 0.5) is 0 Å². The van der Waals surface area contributed by atoms with Crippen molar-refractivity contribution < 1.29 is 4.74 Å². The lowest BCUT2D eigenvalue weighted by atomic mass is 9.96. The first-order chi connectivity index (χ1) is 10.9. The molecule has 0 aliphatic carbocycles. The third kappa shape index (κ3) is 2.79. The van der Waals surface area contributed by atoms with E-state index in [-0.39, 0.29) is 6.04 Å². The number of rotatable bonds is 3. The molecule has 1 fully saturated rings. The molecule has 1 atom stereocenters. The third-order valence-electron chi connectivity index (χ3n) is 4.54. The standard InChI is InChI=1S/C17H22N4O/c1-2-13(11-21-6-8-22-9-7-21)10-14(3-1)16-17-15(4-5-18-16)19-12-20-17/h1-3,10,12,16,18H,4-9,11H2,(H,19,20)/t16-/m1/s1. The fourth-order valence-corrected chi connectivity index (χ4v) is 3.38. The lowest BCUT2D eigenvalue weighted by Gasteiger charge is -2.27. The van der Waals surface area contributed by atoms with Gasteiger partial charge in [0.1, 0.15) is 0 Å². The van der Waals surface area contributed by atoms with Gasteiger partial charge in [-0.25, -0.2) is 4.98 Å². The number of morpholine rings is 1. The Balaban J connectivity index is 1.55. The number of hydrogen-bond acceptors (Lipinski definition) is 4. The predicted octanol–water partition coefficient (Wildman–Crippen LogP) is 1.48. The molecular weight excluding hydrogens is 276 g/mol. The Bertz CT molecular complexity index is 633. The maximum atomic E-state index is 5.42. The van der Waals surface area contributed by atoms with Crippen LogP contribution in [0.3, 0.4) is 0 Å². The van der Waals surface area contributed by atoms with E-state index in [9.17, 15) is 0 Å². The Morgan fingerprint density at radius 2 is 2.18 bits per heavy atom. The number of aromatic nitrogens is 2. The minimum Gasteiger partial charge on any atom is -0.379 e. The summed E-state index contributed by atoms with van der Waals surface area (Å²) in [6.45, 7) is 5.73. The van der Waals surface area contributed by atoms with Crippen LogP contribution < -0.4 is 5.32 Å². The van der Waals surface area contributed by atoms with Crippen LogP contribution in [0.1, 0.15) is 28.6 Å². The zero-order valence-electron chi connectivity index (χ0n) is 12.7. The van der Waals surface area contributed by atoms with E-state index in [0.29, 0.717) is 0 Å².